The summed E-state index contributed by atoms with van der Waals surface area (Å²) in [5.41, 5.74) is 0. The van der Waals surface area contributed by atoms with E-state index in [1.807, 2.05) is 0 Å². The highest BCUT2D eigenvalue weighted by atomic mass is 15.2. The summed E-state index contributed by atoms with van der Waals surface area (Å²) in [6.45, 7) is 12.0. The minimum Gasteiger partial charge on any atom is -0.311 e. The topological polar surface area (TPSA) is 15.3 Å². The number of hydrogen-bond acceptors (Lipinski definition) is 2. The van der Waals surface area contributed by atoms with Crippen molar-refractivity contribution in [1.29, 1.82) is 0 Å². The van der Waals surface area contributed by atoms with Gasteiger partial charge in [-0.05, 0) is 31.1 Å². The van der Waals surface area contributed by atoms with Gasteiger partial charge in [0.25, 0.3) is 0 Å². The third-order valence-electron chi connectivity index (χ3n) is 3.86. The van der Waals surface area contributed by atoms with Crippen LogP contribution in [0.2, 0.25) is 0 Å². The van der Waals surface area contributed by atoms with Gasteiger partial charge in [-0.1, -0.05) is 19.9 Å². The molecule has 92 valence electrons. The fraction of sp³-hybridized carbons (Fsp3) is 0.857. The molecule has 2 atom stereocenters. The molecule has 0 aromatic heterocycles. The van der Waals surface area contributed by atoms with E-state index >= 15 is 0 Å². The Morgan fingerprint density at radius 2 is 2.19 bits per heavy atom. The fourth-order valence-electron chi connectivity index (χ4n) is 2.86. The van der Waals surface area contributed by atoms with Crippen LogP contribution in [0.3, 0.4) is 0 Å². The lowest BCUT2D eigenvalue weighted by Gasteiger charge is -2.41. The fourth-order valence-corrected chi connectivity index (χ4v) is 2.86. The molecule has 2 nitrogen and oxygen atoms in total. The molecule has 2 aliphatic rings. The van der Waals surface area contributed by atoms with E-state index in [2.05, 4.69) is 36.7 Å². The van der Waals surface area contributed by atoms with Gasteiger partial charge in [0.05, 0.1) is 0 Å². The average Bonchev–Trinajstić information content (AvgIpc) is 3.03. The van der Waals surface area contributed by atoms with Crippen molar-refractivity contribution in [3.8, 4) is 0 Å². The van der Waals surface area contributed by atoms with E-state index in [4.69, 9.17) is 0 Å². The van der Waals surface area contributed by atoms with E-state index in [-0.39, 0.29) is 0 Å². The zero-order valence-corrected chi connectivity index (χ0v) is 10.8. The monoisotopic (exact) mass is 222 g/mol. The number of nitrogens with one attached hydrogen (secondary N) is 1. The Labute approximate surface area is 100 Å². The number of piperazine rings is 1. The van der Waals surface area contributed by atoms with Crippen LogP contribution in [0.25, 0.3) is 0 Å². The summed E-state index contributed by atoms with van der Waals surface area (Å²) in [4.78, 5) is 2.63. The van der Waals surface area contributed by atoms with Crippen LogP contribution in [0.4, 0.5) is 0 Å². The molecular formula is C14H26N2. The second kappa shape index (κ2) is 5.33. The summed E-state index contributed by atoms with van der Waals surface area (Å²) >= 11 is 0. The van der Waals surface area contributed by atoms with E-state index < -0.39 is 0 Å². The Balaban J connectivity index is 1.89. The molecule has 0 spiro atoms. The largest absolute Gasteiger partial charge is 0.311 e. The summed E-state index contributed by atoms with van der Waals surface area (Å²) in [6, 6.07) is 1.47. The molecule has 2 rings (SSSR count). The molecule has 1 N–H and O–H groups in total. The molecule has 1 heterocycles. The van der Waals surface area contributed by atoms with Gasteiger partial charge in [0.15, 0.2) is 0 Å². The minimum atomic E-state index is 0.716. The first-order valence-corrected chi connectivity index (χ1v) is 6.79. The van der Waals surface area contributed by atoms with Crippen LogP contribution in [0.5, 0.6) is 0 Å². The molecule has 0 aromatic carbocycles. The van der Waals surface area contributed by atoms with Crippen molar-refractivity contribution < 1.29 is 0 Å². The number of rotatable bonds is 5. The third-order valence-corrected chi connectivity index (χ3v) is 3.86. The van der Waals surface area contributed by atoms with E-state index in [1.165, 1.54) is 32.4 Å². The number of hydrogen-bond donors (Lipinski definition) is 1. The Hall–Kier alpha value is -0.340. The van der Waals surface area contributed by atoms with E-state index in [1.54, 1.807) is 0 Å². The lowest BCUT2D eigenvalue weighted by molar-refractivity contribution is 0.120. The molecule has 1 saturated heterocycles. The first kappa shape index (κ1) is 12.1. The zero-order chi connectivity index (χ0) is 11.5. The van der Waals surface area contributed by atoms with Crippen LogP contribution in [0.15, 0.2) is 12.7 Å². The maximum atomic E-state index is 3.89. The van der Waals surface area contributed by atoms with Crippen molar-refractivity contribution in [3.63, 3.8) is 0 Å². The molecule has 16 heavy (non-hydrogen) atoms. The van der Waals surface area contributed by atoms with Crippen LogP contribution in [0, 0.1) is 11.8 Å². The van der Waals surface area contributed by atoms with Gasteiger partial charge >= 0.3 is 0 Å². The minimum absolute atomic E-state index is 0.716. The van der Waals surface area contributed by atoms with Gasteiger partial charge < -0.3 is 5.32 Å². The van der Waals surface area contributed by atoms with E-state index in [0.29, 0.717) is 6.04 Å². The molecule has 0 aromatic rings. The van der Waals surface area contributed by atoms with Crippen LogP contribution in [-0.2, 0) is 0 Å². The van der Waals surface area contributed by atoms with Crippen LogP contribution in [0.1, 0.15) is 33.1 Å². The van der Waals surface area contributed by atoms with Crippen LogP contribution < -0.4 is 5.32 Å². The molecule has 2 unspecified atom stereocenters. The summed E-state index contributed by atoms with van der Waals surface area (Å²) < 4.78 is 0. The summed E-state index contributed by atoms with van der Waals surface area (Å²) in [7, 11) is 0. The molecule has 2 heteroatoms. The smallest absolute Gasteiger partial charge is 0.0227 e. The second-order valence-corrected chi connectivity index (χ2v) is 5.88. The van der Waals surface area contributed by atoms with Gasteiger partial charge in [-0.2, -0.15) is 0 Å². The van der Waals surface area contributed by atoms with E-state index in [0.717, 1.165) is 24.4 Å². The van der Waals surface area contributed by atoms with Crippen molar-refractivity contribution in [3.05, 3.63) is 12.7 Å². The Kier molecular flexibility index (Phi) is 4.04. The Morgan fingerprint density at radius 1 is 1.44 bits per heavy atom. The van der Waals surface area contributed by atoms with Crippen molar-refractivity contribution in [2.24, 2.45) is 11.8 Å². The molecule has 0 bridgehead atoms. The summed E-state index contributed by atoms with van der Waals surface area (Å²) in [5, 5.41) is 3.75. The Morgan fingerprint density at radius 3 is 2.75 bits per heavy atom. The molecule has 1 aliphatic heterocycles. The normalized spacial score (nSPS) is 31.9. The average molecular weight is 222 g/mol. The van der Waals surface area contributed by atoms with Gasteiger partial charge in [0.2, 0.25) is 0 Å². The second-order valence-electron chi connectivity index (χ2n) is 5.88. The highest BCUT2D eigenvalue weighted by molar-refractivity contribution is 4.96. The first-order valence-electron chi connectivity index (χ1n) is 6.79. The highest BCUT2D eigenvalue weighted by Gasteiger charge is 2.36. The molecule has 0 radical (unpaired) electrons. The van der Waals surface area contributed by atoms with Crippen molar-refractivity contribution >= 4 is 0 Å². The van der Waals surface area contributed by atoms with Gasteiger partial charge in [-0.15, -0.1) is 6.58 Å². The lowest BCUT2D eigenvalue weighted by atomic mass is 9.98. The maximum Gasteiger partial charge on any atom is 0.0227 e. The number of nitrogens with zero attached hydrogens (tertiary/aromatic N) is 1. The highest BCUT2D eigenvalue weighted by Crippen LogP contribution is 2.34. The van der Waals surface area contributed by atoms with Gasteiger partial charge in [-0.25, -0.2) is 0 Å². The van der Waals surface area contributed by atoms with Gasteiger partial charge in [-0.3, -0.25) is 4.90 Å². The third kappa shape index (κ3) is 3.08. The molecule has 1 saturated carbocycles. The zero-order valence-electron chi connectivity index (χ0n) is 10.8. The van der Waals surface area contributed by atoms with Crippen LogP contribution >= 0.6 is 0 Å². The summed E-state index contributed by atoms with van der Waals surface area (Å²) in [5.74, 6) is 1.75. The van der Waals surface area contributed by atoms with Crippen molar-refractivity contribution in [2.45, 2.75) is 45.2 Å². The predicted molar refractivity (Wildman–Crippen MR) is 69.5 cm³/mol. The summed E-state index contributed by atoms with van der Waals surface area (Å²) in [6.07, 6.45) is 6.24. The predicted octanol–water partition coefficient (Wildman–Crippen LogP) is 2.27. The van der Waals surface area contributed by atoms with Gasteiger partial charge in [0, 0.05) is 31.7 Å². The SMILES string of the molecule is C=CCN1CC(C2CC2)NCC1CC(C)C. The molecule has 2 fully saturated rings. The standard InChI is InChI=1S/C14H26N2/c1-4-7-16-10-14(12-5-6-12)15-9-13(16)8-11(2)3/h4,11-15H,1,5-10H2,2-3H3. The maximum absolute atomic E-state index is 3.89. The Bertz CT molecular complexity index is 233. The van der Waals surface area contributed by atoms with Crippen LogP contribution in [-0.4, -0.2) is 36.6 Å². The quantitative estimate of drug-likeness (QED) is 0.718. The lowest BCUT2D eigenvalue weighted by Crippen LogP contribution is -2.57. The molecule has 1 aliphatic carbocycles. The molecular weight excluding hydrogens is 196 g/mol. The molecule has 0 amide bonds. The van der Waals surface area contributed by atoms with Crippen molar-refractivity contribution in [2.75, 3.05) is 19.6 Å². The van der Waals surface area contributed by atoms with Gasteiger partial charge in [0.1, 0.15) is 0 Å². The van der Waals surface area contributed by atoms with E-state index in [9.17, 15) is 0 Å². The van der Waals surface area contributed by atoms with Crippen molar-refractivity contribution in [1.82, 2.24) is 10.2 Å². The first-order chi connectivity index (χ1) is 7.70.